The first-order chi connectivity index (χ1) is 15.6. The van der Waals surface area contributed by atoms with Gasteiger partial charge in [0.1, 0.15) is 5.60 Å². The highest BCUT2D eigenvalue weighted by Gasteiger charge is 2.23. The molecule has 1 heterocycles. The lowest BCUT2D eigenvalue weighted by Gasteiger charge is -2.26. The number of unbranched alkanes of at least 4 members (excludes halogenated alkanes) is 1. The first-order valence-corrected chi connectivity index (χ1v) is 11.0. The van der Waals surface area contributed by atoms with E-state index >= 15 is 0 Å². The van der Waals surface area contributed by atoms with E-state index in [2.05, 4.69) is 28.8 Å². The Hall–Kier alpha value is -3.20. The summed E-state index contributed by atoms with van der Waals surface area (Å²) < 4.78 is 5.21. The summed E-state index contributed by atoms with van der Waals surface area (Å²) >= 11 is 0. The van der Waals surface area contributed by atoms with Gasteiger partial charge < -0.3 is 25.4 Å². The van der Waals surface area contributed by atoms with E-state index in [-0.39, 0.29) is 18.0 Å². The molecule has 0 aliphatic heterocycles. The molecule has 9 nitrogen and oxygen atoms in total. The van der Waals surface area contributed by atoms with Gasteiger partial charge in [0.15, 0.2) is 0 Å². The van der Waals surface area contributed by atoms with E-state index in [1.807, 2.05) is 0 Å². The number of carbonyl (C=O) groups is 3. The molecule has 0 radical (unpaired) electrons. The molecular weight excluding hydrogens is 424 g/mol. The number of ether oxygens (including phenoxy) is 1. The van der Waals surface area contributed by atoms with Crippen molar-refractivity contribution in [2.75, 3.05) is 19.6 Å². The highest BCUT2D eigenvalue weighted by Crippen LogP contribution is 2.09. The van der Waals surface area contributed by atoms with Crippen molar-refractivity contribution in [2.24, 2.45) is 0 Å². The Morgan fingerprint density at radius 2 is 1.88 bits per heavy atom. The van der Waals surface area contributed by atoms with E-state index in [0.29, 0.717) is 44.6 Å². The zero-order valence-electron chi connectivity index (χ0n) is 19.8. The van der Waals surface area contributed by atoms with Crippen LogP contribution in [0.4, 0.5) is 4.79 Å². The maximum absolute atomic E-state index is 13.1. The van der Waals surface area contributed by atoms with Crippen molar-refractivity contribution >= 4 is 18.0 Å². The number of hydrogen-bond acceptors (Lipinski definition) is 6. The lowest BCUT2D eigenvalue weighted by atomic mass is 10.1. The number of carboxylic acid groups (broad SMARTS) is 1. The molecule has 1 atom stereocenters. The average molecular weight is 461 g/mol. The smallest absolute Gasteiger partial charge is 0.407 e. The van der Waals surface area contributed by atoms with Gasteiger partial charge in [-0.25, -0.2) is 9.59 Å². The standard InChI is InChI=1S/C24H36N4O5/c1-6-14-28(15-7-2)21(29)20(10-8-9-12-26-23(32)33-24(3,4)5)27-17-19-16-18(22(30)31)11-13-25-19/h6-7,11,13,16,20,27H,1-2,8-10,12,14-15,17H2,3-5H3,(H,26,32)(H,30,31)/t20-/m0/s1. The van der Waals surface area contributed by atoms with Crippen molar-refractivity contribution in [2.45, 2.75) is 58.2 Å². The van der Waals surface area contributed by atoms with E-state index in [4.69, 9.17) is 9.84 Å². The second-order valence-electron chi connectivity index (χ2n) is 8.52. The topological polar surface area (TPSA) is 121 Å². The summed E-state index contributed by atoms with van der Waals surface area (Å²) in [5, 5.41) is 15.1. The maximum atomic E-state index is 13.1. The lowest BCUT2D eigenvalue weighted by Crippen LogP contribution is -2.46. The first-order valence-electron chi connectivity index (χ1n) is 11.0. The van der Waals surface area contributed by atoms with Crippen LogP contribution in [0.1, 0.15) is 56.1 Å². The molecule has 0 bridgehead atoms. The zero-order chi connectivity index (χ0) is 24.9. The Morgan fingerprint density at radius 1 is 1.21 bits per heavy atom. The minimum atomic E-state index is -1.04. The number of alkyl carbamates (subject to hydrolysis) is 1. The largest absolute Gasteiger partial charge is 0.478 e. The van der Waals surface area contributed by atoms with Gasteiger partial charge in [0.2, 0.25) is 5.91 Å². The molecule has 3 N–H and O–H groups in total. The van der Waals surface area contributed by atoms with Crippen LogP contribution in [-0.4, -0.2) is 64.2 Å². The Labute approximate surface area is 195 Å². The fraction of sp³-hybridized carbons (Fsp3) is 0.500. The summed E-state index contributed by atoms with van der Waals surface area (Å²) in [4.78, 5) is 41.9. The Balaban J connectivity index is 2.73. The highest BCUT2D eigenvalue weighted by molar-refractivity contribution is 5.87. The number of aromatic nitrogens is 1. The van der Waals surface area contributed by atoms with Crippen molar-refractivity contribution in [3.05, 3.63) is 54.9 Å². The maximum Gasteiger partial charge on any atom is 0.407 e. The molecule has 0 saturated heterocycles. The third kappa shape index (κ3) is 11.3. The predicted octanol–water partition coefficient (Wildman–Crippen LogP) is 3.13. The second kappa shape index (κ2) is 14.1. The molecule has 182 valence electrons. The summed E-state index contributed by atoms with van der Waals surface area (Å²) in [6.45, 7) is 14.3. The van der Waals surface area contributed by atoms with Crippen molar-refractivity contribution in [1.82, 2.24) is 20.5 Å². The molecule has 0 unspecified atom stereocenters. The van der Waals surface area contributed by atoms with E-state index in [9.17, 15) is 14.4 Å². The Bertz CT molecular complexity index is 809. The molecule has 1 aromatic rings. The van der Waals surface area contributed by atoms with Crippen molar-refractivity contribution in [1.29, 1.82) is 0 Å². The molecule has 0 fully saturated rings. The third-order valence-corrected chi connectivity index (χ3v) is 4.49. The Kier molecular flexibility index (Phi) is 11.9. The van der Waals surface area contributed by atoms with Gasteiger partial charge >= 0.3 is 12.1 Å². The number of amides is 2. The number of nitrogens with zero attached hydrogens (tertiary/aromatic N) is 2. The highest BCUT2D eigenvalue weighted by atomic mass is 16.6. The Morgan fingerprint density at radius 3 is 2.45 bits per heavy atom. The van der Waals surface area contributed by atoms with E-state index in [1.165, 1.54) is 18.3 Å². The lowest BCUT2D eigenvalue weighted by molar-refractivity contribution is -0.132. The normalized spacial score (nSPS) is 11.8. The van der Waals surface area contributed by atoms with Gasteiger partial charge in [-0.3, -0.25) is 9.78 Å². The third-order valence-electron chi connectivity index (χ3n) is 4.49. The molecular formula is C24H36N4O5. The molecule has 0 aliphatic carbocycles. The van der Waals surface area contributed by atoms with E-state index < -0.39 is 23.7 Å². The fourth-order valence-corrected chi connectivity index (χ4v) is 3.01. The van der Waals surface area contributed by atoms with Crippen LogP contribution < -0.4 is 10.6 Å². The molecule has 0 spiro atoms. The quantitative estimate of drug-likeness (QED) is 0.288. The number of carbonyl (C=O) groups excluding carboxylic acids is 2. The predicted molar refractivity (Wildman–Crippen MR) is 127 cm³/mol. The summed E-state index contributed by atoms with van der Waals surface area (Å²) in [6, 6.07) is 2.39. The van der Waals surface area contributed by atoms with Crippen LogP contribution in [0.3, 0.4) is 0 Å². The SMILES string of the molecule is C=CCN(CC=C)C(=O)[C@H](CCCCNC(=O)OC(C)(C)C)NCc1cc(C(=O)O)ccn1. The molecule has 1 rings (SSSR count). The van der Waals surface area contributed by atoms with Crippen LogP contribution in [0.15, 0.2) is 43.6 Å². The van der Waals surface area contributed by atoms with Crippen LogP contribution in [0.25, 0.3) is 0 Å². The van der Waals surface area contributed by atoms with Gasteiger partial charge in [0.25, 0.3) is 0 Å². The van der Waals surface area contributed by atoms with Crippen molar-refractivity contribution in [3.8, 4) is 0 Å². The van der Waals surface area contributed by atoms with Crippen molar-refractivity contribution < 1.29 is 24.2 Å². The summed E-state index contributed by atoms with van der Waals surface area (Å²) in [7, 11) is 0. The van der Waals surface area contributed by atoms with E-state index in [0.717, 1.165) is 0 Å². The van der Waals surface area contributed by atoms with Gasteiger partial charge in [0.05, 0.1) is 17.3 Å². The molecule has 33 heavy (non-hydrogen) atoms. The van der Waals surface area contributed by atoms with Crippen LogP contribution in [0.5, 0.6) is 0 Å². The first kappa shape index (κ1) is 27.8. The number of pyridine rings is 1. The second-order valence-corrected chi connectivity index (χ2v) is 8.52. The fourth-order valence-electron chi connectivity index (χ4n) is 3.01. The van der Waals surface area contributed by atoms with Gasteiger partial charge in [-0.05, 0) is 52.2 Å². The zero-order valence-corrected chi connectivity index (χ0v) is 19.8. The molecule has 0 aromatic carbocycles. The summed E-state index contributed by atoms with van der Waals surface area (Å²) in [6.07, 6.45) is 6.14. The monoisotopic (exact) mass is 460 g/mol. The van der Waals surface area contributed by atoms with Gasteiger partial charge in [-0.1, -0.05) is 12.2 Å². The minimum absolute atomic E-state index is 0.107. The number of carboxylic acids is 1. The minimum Gasteiger partial charge on any atom is -0.478 e. The van der Waals surface area contributed by atoms with E-state index in [1.54, 1.807) is 37.8 Å². The van der Waals surface area contributed by atoms with Crippen LogP contribution in [-0.2, 0) is 16.1 Å². The molecule has 1 aromatic heterocycles. The molecule has 2 amide bonds. The average Bonchev–Trinajstić information content (AvgIpc) is 2.74. The summed E-state index contributed by atoms with van der Waals surface area (Å²) in [5.74, 6) is -1.14. The van der Waals surface area contributed by atoms with Crippen molar-refractivity contribution in [3.63, 3.8) is 0 Å². The van der Waals surface area contributed by atoms with Crippen LogP contribution in [0.2, 0.25) is 0 Å². The molecule has 9 heteroatoms. The number of rotatable bonds is 14. The number of nitrogens with one attached hydrogen (secondary N) is 2. The summed E-state index contributed by atoms with van der Waals surface area (Å²) in [5.41, 5.74) is 0.105. The molecule has 0 aliphatic rings. The van der Waals surface area contributed by atoms with Gasteiger partial charge in [0, 0.05) is 32.4 Å². The number of aromatic carboxylic acids is 1. The molecule has 0 saturated carbocycles. The van der Waals surface area contributed by atoms with Crippen LogP contribution in [0, 0.1) is 0 Å². The van der Waals surface area contributed by atoms with Crippen LogP contribution >= 0.6 is 0 Å². The van der Waals surface area contributed by atoms with Gasteiger partial charge in [-0.2, -0.15) is 0 Å². The number of hydrogen-bond donors (Lipinski definition) is 3. The van der Waals surface area contributed by atoms with Gasteiger partial charge in [-0.15, -0.1) is 13.2 Å².